The van der Waals surface area contributed by atoms with E-state index >= 15 is 0 Å². The molecule has 2 aromatic rings. The number of carbonyl (C=O) groups is 2. The van der Waals surface area contributed by atoms with Crippen LogP contribution in [0.4, 0.5) is 4.79 Å². The number of hydrogen-bond acceptors (Lipinski definition) is 5. The molecular formula is C18H21ClN2O5. The molecule has 1 N–H and O–H groups in total. The van der Waals surface area contributed by atoms with Crippen molar-refractivity contribution in [3.05, 3.63) is 34.5 Å². The van der Waals surface area contributed by atoms with Crippen molar-refractivity contribution in [1.29, 1.82) is 0 Å². The summed E-state index contributed by atoms with van der Waals surface area (Å²) in [5, 5.41) is 12.2. The molecule has 0 atom stereocenters. The molecule has 0 bridgehead atoms. The van der Waals surface area contributed by atoms with Crippen LogP contribution in [0.25, 0.3) is 10.9 Å². The van der Waals surface area contributed by atoms with Gasteiger partial charge in [-0.25, -0.2) is 4.79 Å². The highest BCUT2D eigenvalue weighted by atomic mass is 35.5. The van der Waals surface area contributed by atoms with Crippen LogP contribution in [0.5, 0.6) is 0 Å². The van der Waals surface area contributed by atoms with Crippen LogP contribution in [0, 0.1) is 0 Å². The lowest BCUT2D eigenvalue weighted by Gasteiger charge is -2.27. The van der Waals surface area contributed by atoms with Gasteiger partial charge in [-0.05, 0) is 44.5 Å². The van der Waals surface area contributed by atoms with Crippen LogP contribution in [-0.4, -0.2) is 39.0 Å². The quantitative estimate of drug-likeness (QED) is 0.819. The van der Waals surface area contributed by atoms with Crippen molar-refractivity contribution in [2.75, 3.05) is 6.54 Å². The van der Waals surface area contributed by atoms with Gasteiger partial charge >= 0.3 is 12.1 Å². The van der Waals surface area contributed by atoms with E-state index in [1.165, 1.54) is 5.06 Å². The van der Waals surface area contributed by atoms with Crippen molar-refractivity contribution in [3.63, 3.8) is 0 Å². The zero-order chi connectivity index (χ0) is 19.1. The minimum Gasteiger partial charge on any atom is -0.480 e. The summed E-state index contributed by atoms with van der Waals surface area (Å²) in [5.74, 6) is -0.910. The number of carboxylic acids is 1. The van der Waals surface area contributed by atoms with Crippen LogP contribution in [0.1, 0.15) is 32.0 Å². The molecule has 0 saturated heterocycles. The molecule has 0 radical (unpaired) electrons. The number of hydrogen-bond donors (Lipinski definition) is 1. The largest absolute Gasteiger partial charge is 0.528 e. The molecule has 0 saturated carbocycles. The summed E-state index contributed by atoms with van der Waals surface area (Å²) in [7, 11) is 0. The van der Waals surface area contributed by atoms with Crippen molar-refractivity contribution in [3.8, 4) is 0 Å². The van der Waals surface area contributed by atoms with Gasteiger partial charge in [0.15, 0.2) is 0 Å². The van der Waals surface area contributed by atoms with Gasteiger partial charge in [0, 0.05) is 34.6 Å². The topological polar surface area (TPSA) is 81.0 Å². The predicted molar refractivity (Wildman–Crippen MR) is 96.0 cm³/mol. The van der Waals surface area contributed by atoms with Crippen molar-refractivity contribution >= 4 is 34.6 Å². The third-order valence-electron chi connectivity index (χ3n) is 4.07. The summed E-state index contributed by atoms with van der Waals surface area (Å²) in [6.07, 6.45) is -0.203. The fourth-order valence-corrected chi connectivity index (χ4v) is 3.34. The molecule has 8 heteroatoms. The second-order valence-electron chi connectivity index (χ2n) is 7.24. The Morgan fingerprint density at radius 3 is 2.69 bits per heavy atom. The average Bonchev–Trinajstić information content (AvgIpc) is 2.78. The number of hydroxylamine groups is 2. The van der Waals surface area contributed by atoms with Crippen LogP contribution in [0.15, 0.2) is 18.2 Å². The molecule has 1 aromatic carbocycles. The minimum absolute atomic E-state index is 0.125. The molecular weight excluding hydrogens is 360 g/mol. The third-order valence-corrected chi connectivity index (χ3v) is 4.30. The maximum atomic E-state index is 11.9. The van der Waals surface area contributed by atoms with E-state index in [2.05, 4.69) is 0 Å². The molecule has 1 aromatic heterocycles. The van der Waals surface area contributed by atoms with Gasteiger partial charge in [-0.2, -0.15) is 0 Å². The normalized spacial score (nSPS) is 14.9. The first-order chi connectivity index (χ1) is 12.1. The molecule has 0 unspecified atom stereocenters. The molecule has 1 aliphatic heterocycles. The fourth-order valence-electron chi connectivity index (χ4n) is 3.17. The summed E-state index contributed by atoms with van der Waals surface area (Å²) in [4.78, 5) is 28.5. The van der Waals surface area contributed by atoms with Crippen LogP contribution in [0.3, 0.4) is 0 Å². The van der Waals surface area contributed by atoms with E-state index in [-0.39, 0.29) is 6.54 Å². The number of rotatable bonds is 3. The lowest BCUT2D eigenvalue weighted by atomic mass is 10.1. The number of aliphatic carboxylic acids is 1. The van der Waals surface area contributed by atoms with E-state index in [0.29, 0.717) is 24.5 Å². The van der Waals surface area contributed by atoms with E-state index in [9.17, 15) is 14.7 Å². The standard InChI is InChI=1S/C18H21ClN2O5/c1-18(2,3)25-17(24)26-20-7-6-15-13(9-20)12-8-11(19)4-5-14(12)21(15)10-16(22)23/h4-5,8H,6-7,9-10H2,1-3H3,(H,22,23). The van der Waals surface area contributed by atoms with E-state index in [1.54, 1.807) is 31.4 Å². The fraction of sp³-hybridized carbons (Fsp3) is 0.444. The Kier molecular flexibility index (Phi) is 4.86. The van der Waals surface area contributed by atoms with Crippen molar-refractivity contribution in [2.24, 2.45) is 0 Å². The maximum absolute atomic E-state index is 11.9. The third kappa shape index (κ3) is 3.94. The Labute approximate surface area is 156 Å². The number of fused-ring (bicyclic) bond motifs is 3. The van der Waals surface area contributed by atoms with Gasteiger partial charge in [0.1, 0.15) is 12.1 Å². The second-order valence-corrected chi connectivity index (χ2v) is 7.67. The number of carboxylic acid groups (broad SMARTS) is 1. The molecule has 0 amide bonds. The Balaban J connectivity index is 1.90. The highest BCUT2D eigenvalue weighted by Gasteiger charge is 2.28. The number of benzene rings is 1. The van der Waals surface area contributed by atoms with Gasteiger partial charge in [-0.1, -0.05) is 11.6 Å². The highest BCUT2D eigenvalue weighted by molar-refractivity contribution is 6.31. The Bertz CT molecular complexity index is 869. The van der Waals surface area contributed by atoms with Crippen molar-refractivity contribution in [2.45, 2.75) is 45.9 Å². The summed E-state index contributed by atoms with van der Waals surface area (Å²) in [6, 6.07) is 5.37. The van der Waals surface area contributed by atoms with Gasteiger partial charge in [-0.3, -0.25) is 4.79 Å². The smallest absolute Gasteiger partial charge is 0.480 e. The van der Waals surface area contributed by atoms with Crippen LogP contribution in [-0.2, 0) is 33.9 Å². The SMILES string of the molecule is CC(C)(C)OC(=O)ON1CCc2c(c3cc(Cl)ccc3n2CC(=O)O)C1. The predicted octanol–water partition coefficient (Wildman–Crippen LogP) is 3.60. The number of ether oxygens (including phenoxy) is 1. The van der Waals surface area contributed by atoms with Gasteiger partial charge in [0.05, 0.1) is 6.54 Å². The summed E-state index contributed by atoms with van der Waals surface area (Å²) >= 11 is 6.12. The number of nitrogens with zero attached hydrogens (tertiary/aromatic N) is 2. The first-order valence-corrected chi connectivity index (χ1v) is 8.69. The second kappa shape index (κ2) is 6.81. The lowest BCUT2D eigenvalue weighted by Crippen LogP contribution is -2.36. The van der Waals surface area contributed by atoms with Gasteiger partial charge < -0.3 is 19.2 Å². The van der Waals surface area contributed by atoms with Crippen LogP contribution < -0.4 is 0 Å². The lowest BCUT2D eigenvalue weighted by molar-refractivity contribution is -0.151. The van der Waals surface area contributed by atoms with Crippen molar-refractivity contribution < 1.29 is 24.3 Å². The molecule has 3 rings (SSSR count). The highest BCUT2D eigenvalue weighted by Crippen LogP contribution is 2.33. The molecule has 2 heterocycles. The first kappa shape index (κ1) is 18.5. The summed E-state index contributed by atoms with van der Waals surface area (Å²) in [6.45, 7) is 5.98. The van der Waals surface area contributed by atoms with Gasteiger partial charge in [0.2, 0.25) is 0 Å². The van der Waals surface area contributed by atoms with E-state index in [4.69, 9.17) is 21.2 Å². The molecule has 140 valence electrons. The monoisotopic (exact) mass is 380 g/mol. The summed E-state index contributed by atoms with van der Waals surface area (Å²) < 4.78 is 6.97. The van der Waals surface area contributed by atoms with E-state index in [0.717, 1.165) is 22.2 Å². The van der Waals surface area contributed by atoms with Crippen LogP contribution in [0.2, 0.25) is 5.02 Å². The van der Waals surface area contributed by atoms with Gasteiger partial charge in [-0.15, -0.1) is 5.06 Å². The Morgan fingerprint density at radius 2 is 2.04 bits per heavy atom. The average molecular weight is 381 g/mol. The van der Waals surface area contributed by atoms with E-state index < -0.39 is 17.7 Å². The zero-order valence-electron chi connectivity index (χ0n) is 14.9. The molecule has 0 fully saturated rings. The van der Waals surface area contributed by atoms with Crippen LogP contribution >= 0.6 is 11.6 Å². The summed E-state index contributed by atoms with van der Waals surface area (Å²) in [5.41, 5.74) is 2.01. The number of carbonyl (C=O) groups excluding carboxylic acids is 1. The molecule has 7 nitrogen and oxygen atoms in total. The Morgan fingerprint density at radius 1 is 1.31 bits per heavy atom. The van der Waals surface area contributed by atoms with Gasteiger partial charge in [0.25, 0.3) is 0 Å². The molecule has 0 spiro atoms. The molecule has 0 aliphatic carbocycles. The molecule has 26 heavy (non-hydrogen) atoms. The number of halogens is 1. The Hall–Kier alpha value is -2.25. The van der Waals surface area contributed by atoms with E-state index in [1.807, 2.05) is 12.1 Å². The number of aromatic nitrogens is 1. The molecule has 1 aliphatic rings. The zero-order valence-corrected chi connectivity index (χ0v) is 15.7. The first-order valence-electron chi connectivity index (χ1n) is 8.31. The maximum Gasteiger partial charge on any atom is 0.528 e. The minimum atomic E-state index is -0.910. The van der Waals surface area contributed by atoms with Crippen molar-refractivity contribution in [1.82, 2.24) is 9.63 Å².